The van der Waals surface area contributed by atoms with Gasteiger partial charge in [-0.1, -0.05) is 54.9 Å². The van der Waals surface area contributed by atoms with Crippen molar-refractivity contribution in [3.05, 3.63) is 89.4 Å². The Balaban J connectivity index is 2.00. The lowest BCUT2D eigenvalue weighted by atomic mass is 10.1. The van der Waals surface area contributed by atoms with Crippen LogP contribution in [0.2, 0.25) is 5.02 Å². The number of nitrogens with zero attached hydrogens (tertiary/aromatic N) is 2. The van der Waals surface area contributed by atoms with Crippen LogP contribution in [0.4, 0.5) is 5.69 Å². The number of anilines is 1. The van der Waals surface area contributed by atoms with Crippen LogP contribution in [0.3, 0.4) is 0 Å². The Hall–Kier alpha value is -3.56. The summed E-state index contributed by atoms with van der Waals surface area (Å²) in [6.45, 7) is 7.24. The Morgan fingerprint density at radius 1 is 0.925 bits per heavy atom. The zero-order valence-corrected chi connectivity index (χ0v) is 24.8. The third kappa shape index (κ3) is 7.76. The van der Waals surface area contributed by atoms with Crippen molar-refractivity contribution in [2.75, 3.05) is 17.5 Å². The molecule has 0 spiro atoms. The van der Waals surface area contributed by atoms with Gasteiger partial charge in [0.25, 0.3) is 10.0 Å². The minimum Gasteiger partial charge on any atom is -0.494 e. The summed E-state index contributed by atoms with van der Waals surface area (Å²) in [6, 6.07) is 20.5. The van der Waals surface area contributed by atoms with Crippen LogP contribution in [-0.4, -0.2) is 50.4 Å². The Bertz CT molecular complexity index is 1380. The van der Waals surface area contributed by atoms with E-state index in [0.717, 1.165) is 10.7 Å². The molecule has 0 heterocycles. The maximum Gasteiger partial charge on any atom is 0.264 e. The maximum absolute atomic E-state index is 13.9. The zero-order valence-electron chi connectivity index (χ0n) is 23.2. The van der Waals surface area contributed by atoms with Gasteiger partial charge in [0.05, 0.1) is 17.2 Å². The molecule has 3 aromatic carbocycles. The Labute approximate surface area is 241 Å². The van der Waals surface area contributed by atoms with Gasteiger partial charge in [0.2, 0.25) is 11.8 Å². The van der Waals surface area contributed by atoms with Crippen LogP contribution in [0.1, 0.15) is 39.7 Å². The highest BCUT2D eigenvalue weighted by molar-refractivity contribution is 7.92. The Morgan fingerprint density at radius 2 is 1.55 bits per heavy atom. The van der Waals surface area contributed by atoms with Crippen molar-refractivity contribution in [3.63, 3.8) is 0 Å². The largest absolute Gasteiger partial charge is 0.494 e. The highest BCUT2D eigenvalue weighted by Gasteiger charge is 2.33. The minimum absolute atomic E-state index is 0.00724. The predicted molar refractivity (Wildman–Crippen MR) is 158 cm³/mol. The lowest BCUT2D eigenvalue weighted by Gasteiger charge is -2.32. The van der Waals surface area contributed by atoms with Gasteiger partial charge < -0.3 is 15.0 Å². The first-order valence-electron chi connectivity index (χ1n) is 13.2. The number of rotatable bonds is 13. The molecule has 214 valence electrons. The van der Waals surface area contributed by atoms with Gasteiger partial charge in [0.15, 0.2) is 0 Å². The number of amides is 2. The molecular weight excluding hydrogens is 550 g/mol. The molecule has 0 radical (unpaired) electrons. The Kier molecular flexibility index (Phi) is 11.0. The molecule has 40 heavy (non-hydrogen) atoms. The second kappa shape index (κ2) is 14.2. The fraction of sp³-hybridized carbons (Fsp3) is 0.333. The molecule has 0 saturated carbocycles. The predicted octanol–water partition coefficient (Wildman–Crippen LogP) is 5.27. The van der Waals surface area contributed by atoms with E-state index in [9.17, 15) is 18.0 Å². The van der Waals surface area contributed by atoms with Gasteiger partial charge in [-0.25, -0.2) is 8.42 Å². The fourth-order valence-corrected chi connectivity index (χ4v) is 5.59. The summed E-state index contributed by atoms with van der Waals surface area (Å²) in [4.78, 5) is 28.4. The highest BCUT2D eigenvalue weighted by atomic mass is 35.5. The number of nitrogens with one attached hydrogen (secondary N) is 1. The average Bonchev–Trinajstić information content (AvgIpc) is 2.95. The summed E-state index contributed by atoms with van der Waals surface area (Å²) in [5.74, 6) is -0.351. The number of carbonyl (C=O) groups excluding carboxylic acids is 2. The number of sulfonamides is 1. The van der Waals surface area contributed by atoms with Gasteiger partial charge in [-0.05, 0) is 75.2 Å². The molecule has 0 bridgehead atoms. The van der Waals surface area contributed by atoms with E-state index in [2.05, 4.69) is 5.32 Å². The molecule has 2 amide bonds. The summed E-state index contributed by atoms with van der Waals surface area (Å²) in [5.41, 5.74) is 0.959. The molecule has 3 aromatic rings. The van der Waals surface area contributed by atoms with E-state index in [0.29, 0.717) is 28.6 Å². The number of para-hydroxylation sites is 1. The van der Waals surface area contributed by atoms with Crippen molar-refractivity contribution in [2.24, 2.45) is 0 Å². The lowest BCUT2D eigenvalue weighted by Crippen LogP contribution is -2.52. The summed E-state index contributed by atoms with van der Waals surface area (Å²) in [6.07, 6.45) is 0.721. The van der Waals surface area contributed by atoms with Crippen LogP contribution in [0.15, 0.2) is 83.8 Å². The Morgan fingerprint density at radius 3 is 2.15 bits per heavy atom. The number of ether oxygens (including phenoxy) is 1. The quantitative estimate of drug-likeness (QED) is 0.295. The molecule has 1 N–H and O–H groups in total. The highest BCUT2D eigenvalue weighted by Crippen LogP contribution is 2.26. The fourth-order valence-electron chi connectivity index (χ4n) is 3.98. The second-order valence-corrected chi connectivity index (χ2v) is 11.6. The molecule has 0 unspecified atom stereocenters. The molecule has 0 fully saturated rings. The monoisotopic (exact) mass is 585 g/mol. The molecule has 0 aliphatic heterocycles. The number of carbonyl (C=O) groups is 2. The van der Waals surface area contributed by atoms with Gasteiger partial charge >= 0.3 is 0 Å². The molecule has 0 aliphatic carbocycles. The third-order valence-electron chi connectivity index (χ3n) is 6.51. The average molecular weight is 586 g/mol. The van der Waals surface area contributed by atoms with Gasteiger partial charge in [0, 0.05) is 17.6 Å². The number of hydrogen-bond donors (Lipinski definition) is 1. The first-order chi connectivity index (χ1) is 19.1. The minimum atomic E-state index is -4.16. The molecule has 8 nitrogen and oxygen atoms in total. The van der Waals surface area contributed by atoms with Crippen LogP contribution in [0.25, 0.3) is 0 Å². The molecule has 10 heteroatoms. The first-order valence-corrected chi connectivity index (χ1v) is 15.0. The smallest absolute Gasteiger partial charge is 0.264 e. The van der Waals surface area contributed by atoms with Crippen molar-refractivity contribution in [2.45, 2.75) is 57.6 Å². The zero-order chi connectivity index (χ0) is 29.3. The summed E-state index contributed by atoms with van der Waals surface area (Å²) < 4.78 is 34.3. The molecule has 3 rings (SSSR count). The van der Waals surface area contributed by atoms with E-state index in [1.165, 1.54) is 17.0 Å². The van der Waals surface area contributed by atoms with Gasteiger partial charge in [-0.3, -0.25) is 13.9 Å². The van der Waals surface area contributed by atoms with Crippen LogP contribution in [0, 0.1) is 0 Å². The van der Waals surface area contributed by atoms with Crippen molar-refractivity contribution in [1.82, 2.24) is 10.2 Å². The number of benzene rings is 3. The lowest BCUT2D eigenvalue weighted by molar-refractivity contribution is -0.139. The SMILES string of the molecule is CCOc1ccc(S(=O)(=O)N(CC(=O)N(Cc2ccccc2Cl)[C@H](C)C(=O)N[C@H](C)CC)c2ccccc2)cc1. The van der Waals surface area contributed by atoms with E-state index in [1.54, 1.807) is 73.7 Å². The van der Waals surface area contributed by atoms with Crippen molar-refractivity contribution < 1.29 is 22.7 Å². The topological polar surface area (TPSA) is 96.0 Å². The van der Waals surface area contributed by atoms with Crippen LogP contribution in [0.5, 0.6) is 5.75 Å². The van der Waals surface area contributed by atoms with Gasteiger partial charge in [-0.15, -0.1) is 0 Å². The van der Waals surface area contributed by atoms with Crippen LogP contribution >= 0.6 is 11.6 Å². The summed E-state index contributed by atoms with van der Waals surface area (Å²) in [5, 5.41) is 3.35. The van der Waals surface area contributed by atoms with Crippen molar-refractivity contribution in [3.8, 4) is 5.75 Å². The van der Waals surface area contributed by atoms with Gasteiger partial charge in [0.1, 0.15) is 18.3 Å². The van der Waals surface area contributed by atoms with Crippen molar-refractivity contribution >= 4 is 39.1 Å². The molecular formula is C30H36ClN3O5S. The van der Waals surface area contributed by atoms with E-state index in [1.807, 2.05) is 20.8 Å². The van der Waals surface area contributed by atoms with Crippen molar-refractivity contribution in [1.29, 1.82) is 0 Å². The first kappa shape index (κ1) is 31.0. The van der Waals surface area contributed by atoms with Crippen LogP contribution < -0.4 is 14.4 Å². The number of halogens is 1. The van der Waals surface area contributed by atoms with E-state index < -0.39 is 28.5 Å². The van der Waals surface area contributed by atoms with E-state index in [-0.39, 0.29) is 23.4 Å². The molecule has 2 atom stereocenters. The summed E-state index contributed by atoms with van der Waals surface area (Å²) in [7, 11) is -4.16. The second-order valence-electron chi connectivity index (χ2n) is 9.36. The molecule has 0 aromatic heterocycles. The maximum atomic E-state index is 13.9. The standard InChI is InChI=1S/C30H36ClN3O5S/c1-5-22(3)32-30(36)23(4)33(20-24-12-10-11-15-28(24)31)29(35)21-34(25-13-8-7-9-14-25)40(37,38)27-18-16-26(17-19-27)39-6-2/h7-19,22-23H,5-6,20-21H2,1-4H3,(H,32,36)/t22-,23-/m1/s1. The normalized spacial score (nSPS) is 12.7. The third-order valence-corrected chi connectivity index (χ3v) is 8.67. The molecule has 0 aliphatic rings. The number of hydrogen-bond acceptors (Lipinski definition) is 5. The summed E-state index contributed by atoms with van der Waals surface area (Å²) >= 11 is 6.40. The van der Waals surface area contributed by atoms with E-state index >= 15 is 0 Å². The van der Waals surface area contributed by atoms with E-state index in [4.69, 9.17) is 16.3 Å². The molecule has 0 saturated heterocycles. The van der Waals surface area contributed by atoms with Gasteiger partial charge in [-0.2, -0.15) is 0 Å². The van der Waals surface area contributed by atoms with Crippen LogP contribution in [-0.2, 0) is 26.2 Å².